The van der Waals surface area contributed by atoms with Gasteiger partial charge in [0.25, 0.3) is 0 Å². The first-order valence-electron chi connectivity index (χ1n) is 8.15. The smallest absolute Gasteiger partial charge is 0.118 e. The van der Waals surface area contributed by atoms with Crippen LogP contribution in [0.1, 0.15) is 59.8 Å². The van der Waals surface area contributed by atoms with Gasteiger partial charge in [-0.1, -0.05) is 37.1 Å². The van der Waals surface area contributed by atoms with Crippen LogP contribution in [0.5, 0.6) is 11.5 Å². The van der Waals surface area contributed by atoms with E-state index < -0.39 is 0 Å². The molecule has 2 aromatic rings. The second kappa shape index (κ2) is 6.04. The van der Waals surface area contributed by atoms with E-state index in [4.69, 9.17) is 0 Å². The Balaban J connectivity index is 1.96. The van der Waals surface area contributed by atoms with Crippen LogP contribution in [0.3, 0.4) is 0 Å². The highest BCUT2D eigenvalue weighted by atomic mass is 16.3. The van der Waals surface area contributed by atoms with E-state index in [1.54, 1.807) is 0 Å². The minimum Gasteiger partial charge on any atom is -0.508 e. The average molecular weight is 296 g/mol. The Morgan fingerprint density at radius 1 is 0.727 bits per heavy atom. The summed E-state index contributed by atoms with van der Waals surface area (Å²) >= 11 is 0. The zero-order valence-corrected chi connectivity index (χ0v) is 13.3. The third-order valence-electron chi connectivity index (χ3n) is 5.06. The summed E-state index contributed by atoms with van der Waals surface area (Å²) in [5.41, 5.74) is 4.55. The molecule has 2 unspecified atom stereocenters. The number of aromatic hydroxyl groups is 2. The first kappa shape index (κ1) is 15.0. The normalized spacial score (nSPS) is 21.7. The largest absolute Gasteiger partial charge is 0.508 e. The number of aryl methyl sites for hydroxylation is 2. The maximum atomic E-state index is 9.76. The van der Waals surface area contributed by atoms with Crippen molar-refractivity contribution in [2.24, 2.45) is 0 Å². The molecule has 0 aliphatic heterocycles. The first-order chi connectivity index (χ1) is 10.6. The van der Waals surface area contributed by atoms with E-state index in [0.717, 1.165) is 11.1 Å². The molecule has 2 N–H and O–H groups in total. The number of phenolic OH excluding ortho intramolecular Hbond substituents is 2. The maximum absolute atomic E-state index is 9.76. The number of rotatable bonds is 2. The molecule has 0 amide bonds. The topological polar surface area (TPSA) is 40.5 Å². The zero-order chi connectivity index (χ0) is 15.7. The van der Waals surface area contributed by atoms with Crippen molar-refractivity contribution in [3.63, 3.8) is 0 Å². The molecule has 0 radical (unpaired) electrons. The summed E-state index contributed by atoms with van der Waals surface area (Å²) in [6.45, 7) is 3.92. The fourth-order valence-corrected chi connectivity index (χ4v) is 3.75. The van der Waals surface area contributed by atoms with Crippen molar-refractivity contribution in [1.82, 2.24) is 0 Å². The van der Waals surface area contributed by atoms with Gasteiger partial charge in [0.15, 0.2) is 0 Å². The van der Waals surface area contributed by atoms with Gasteiger partial charge < -0.3 is 10.2 Å². The summed E-state index contributed by atoms with van der Waals surface area (Å²) in [5, 5.41) is 19.5. The minimum absolute atomic E-state index is 0.372. The highest BCUT2D eigenvalue weighted by molar-refractivity contribution is 5.41. The van der Waals surface area contributed by atoms with Gasteiger partial charge in [-0.2, -0.15) is 0 Å². The SMILES string of the molecule is Cc1cc(C2CCCCC2c2ccc(O)c(C)c2)ccc1O. The molecule has 0 bridgehead atoms. The lowest BCUT2D eigenvalue weighted by molar-refractivity contribution is 0.384. The van der Waals surface area contributed by atoms with Crippen LogP contribution in [-0.4, -0.2) is 10.2 Å². The molecule has 0 saturated heterocycles. The van der Waals surface area contributed by atoms with E-state index in [9.17, 15) is 10.2 Å². The lowest BCUT2D eigenvalue weighted by atomic mass is 9.72. The summed E-state index contributed by atoms with van der Waals surface area (Å²) in [5.74, 6) is 1.74. The maximum Gasteiger partial charge on any atom is 0.118 e. The van der Waals surface area contributed by atoms with Crippen LogP contribution in [-0.2, 0) is 0 Å². The molecule has 0 aromatic heterocycles. The van der Waals surface area contributed by atoms with Crippen LogP contribution >= 0.6 is 0 Å². The Morgan fingerprint density at radius 3 is 1.50 bits per heavy atom. The number of phenols is 2. The Hall–Kier alpha value is -1.96. The van der Waals surface area contributed by atoms with Crippen molar-refractivity contribution < 1.29 is 10.2 Å². The van der Waals surface area contributed by atoms with Crippen LogP contribution in [0.15, 0.2) is 36.4 Å². The second-order valence-corrected chi connectivity index (χ2v) is 6.59. The highest BCUT2D eigenvalue weighted by Crippen LogP contribution is 2.45. The van der Waals surface area contributed by atoms with Crippen molar-refractivity contribution in [1.29, 1.82) is 0 Å². The molecule has 1 aliphatic carbocycles. The van der Waals surface area contributed by atoms with Crippen molar-refractivity contribution in [2.75, 3.05) is 0 Å². The molecular formula is C20H24O2. The Morgan fingerprint density at radius 2 is 1.14 bits per heavy atom. The number of hydrogen-bond donors (Lipinski definition) is 2. The number of hydrogen-bond acceptors (Lipinski definition) is 2. The molecule has 116 valence electrons. The summed E-state index contributed by atoms with van der Waals surface area (Å²) in [6.07, 6.45) is 4.90. The van der Waals surface area contributed by atoms with E-state index in [1.165, 1.54) is 36.8 Å². The fourth-order valence-electron chi connectivity index (χ4n) is 3.75. The van der Waals surface area contributed by atoms with Crippen LogP contribution in [0, 0.1) is 13.8 Å². The fraction of sp³-hybridized carbons (Fsp3) is 0.400. The van der Waals surface area contributed by atoms with E-state index >= 15 is 0 Å². The van der Waals surface area contributed by atoms with E-state index in [1.807, 2.05) is 26.0 Å². The predicted octanol–water partition coefficient (Wildman–Crippen LogP) is 5.16. The van der Waals surface area contributed by atoms with E-state index in [-0.39, 0.29) is 0 Å². The molecule has 1 saturated carbocycles. The van der Waals surface area contributed by atoms with Crippen molar-refractivity contribution in [2.45, 2.75) is 51.4 Å². The molecule has 2 aromatic carbocycles. The van der Waals surface area contributed by atoms with Gasteiger partial charge in [-0.3, -0.25) is 0 Å². The van der Waals surface area contributed by atoms with Crippen LogP contribution < -0.4 is 0 Å². The molecule has 1 fully saturated rings. The molecule has 2 heteroatoms. The standard InChI is InChI=1S/C20H24O2/c1-13-11-15(7-9-19(13)21)17-5-3-4-6-18(17)16-8-10-20(22)14(2)12-16/h7-12,17-18,21-22H,3-6H2,1-2H3. The van der Waals surface area contributed by atoms with Crippen molar-refractivity contribution in [3.8, 4) is 11.5 Å². The minimum atomic E-state index is 0.372. The van der Waals surface area contributed by atoms with Gasteiger partial charge in [-0.15, -0.1) is 0 Å². The molecule has 22 heavy (non-hydrogen) atoms. The molecule has 0 heterocycles. The summed E-state index contributed by atoms with van der Waals surface area (Å²) in [4.78, 5) is 0. The second-order valence-electron chi connectivity index (χ2n) is 6.59. The van der Waals surface area contributed by atoms with Gasteiger partial charge in [-0.25, -0.2) is 0 Å². The Bertz CT molecular complexity index is 616. The van der Waals surface area contributed by atoms with Crippen LogP contribution in [0.2, 0.25) is 0 Å². The molecule has 0 spiro atoms. The van der Waals surface area contributed by atoms with Crippen LogP contribution in [0.25, 0.3) is 0 Å². The summed E-state index contributed by atoms with van der Waals surface area (Å²) < 4.78 is 0. The number of benzene rings is 2. The molecule has 3 rings (SSSR count). The predicted molar refractivity (Wildman–Crippen MR) is 89.6 cm³/mol. The summed E-state index contributed by atoms with van der Waals surface area (Å²) in [6, 6.07) is 12.0. The molecular weight excluding hydrogens is 272 g/mol. The van der Waals surface area contributed by atoms with Gasteiger partial charge >= 0.3 is 0 Å². The monoisotopic (exact) mass is 296 g/mol. The van der Waals surface area contributed by atoms with Crippen LogP contribution in [0.4, 0.5) is 0 Å². The zero-order valence-electron chi connectivity index (χ0n) is 13.3. The van der Waals surface area contributed by atoms with Gasteiger partial charge in [-0.05, 0) is 72.9 Å². The van der Waals surface area contributed by atoms with Gasteiger partial charge in [0, 0.05) is 0 Å². The van der Waals surface area contributed by atoms with Crippen molar-refractivity contribution >= 4 is 0 Å². The highest BCUT2D eigenvalue weighted by Gasteiger charge is 2.28. The van der Waals surface area contributed by atoms with Crippen molar-refractivity contribution in [3.05, 3.63) is 58.7 Å². The lowest BCUT2D eigenvalue weighted by Gasteiger charge is -2.33. The molecule has 2 nitrogen and oxygen atoms in total. The Kier molecular flexibility index (Phi) is 4.10. The van der Waals surface area contributed by atoms with Gasteiger partial charge in [0.1, 0.15) is 11.5 Å². The molecule has 2 atom stereocenters. The summed E-state index contributed by atoms with van der Waals surface area (Å²) in [7, 11) is 0. The van der Waals surface area contributed by atoms with Gasteiger partial charge in [0.05, 0.1) is 0 Å². The third kappa shape index (κ3) is 2.83. The Labute approximate surface area is 132 Å². The van der Waals surface area contributed by atoms with E-state index in [2.05, 4.69) is 24.3 Å². The third-order valence-corrected chi connectivity index (χ3v) is 5.06. The first-order valence-corrected chi connectivity index (χ1v) is 8.15. The van der Waals surface area contributed by atoms with Gasteiger partial charge in [0.2, 0.25) is 0 Å². The lowest BCUT2D eigenvalue weighted by Crippen LogP contribution is -2.16. The average Bonchev–Trinajstić information content (AvgIpc) is 2.53. The quantitative estimate of drug-likeness (QED) is 0.804. The molecule has 1 aliphatic rings. The van der Waals surface area contributed by atoms with E-state index in [0.29, 0.717) is 23.3 Å².